The number of halogens is 7. The molecule has 0 N–H and O–H groups in total. The first-order valence-corrected chi connectivity index (χ1v) is 18.4. The fraction of sp³-hybridized carbons (Fsp3) is 0.239. The maximum Gasteiger partial charge on any atom is 0.387 e. The lowest BCUT2D eigenvalue weighted by atomic mass is 9.83. The number of rotatable bonds is 18. The van der Waals surface area contributed by atoms with Crippen LogP contribution < -0.4 is 14.2 Å². The van der Waals surface area contributed by atoms with Crippen LogP contribution in [0, 0.1) is 5.82 Å². The van der Waals surface area contributed by atoms with Gasteiger partial charge >= 0.3 is 6.61 Å². The minimum Gasteiger partial charge on any atom is -0.457 e. The van der Waals surface area contributed by atoms with E-state index in [4.69, 9.17) is 18.9 Å². The molecule has 2 atom stereocenters. The third kappa shape index (κ3) is 13.0. The van der Waals surface area contributed by atoms with Crippen LogP contribution >= 0.6 is 0 Å². The number of hydrogen-bond donors (Lipinski definition) is 0. The lowest BCUT2D eigenvalue weighted by molar-refractivity contribution is -0.0500. The van der Waals surface area contributed by atoms with Crippen molar-refractivity contribution in [2.45, 2.75) is 57.4 Å². The Bertz CT molecular complexity index is 2150. The molecule has 6 nitrogen and oxygen atoms in total. The third-order valence-corrected chi connectivity index (χ3v) is 9.15. The highest BCUT2D eigenvalue weighted by Crippen LogP contribution is 2.34. The standard InChI is InChI=1S/C24H22F4O3.C22H20F3NO2/c1-24(22(25)26,18-10-12-20(13-11-18)31-23(27)28)16-29-15-17-6-5-9-21(14-17)30-19-7-3-2-4-8-19;1-22(21(24)25,16-10-12-17(23)13-11-16)15-27-14-18-6-5-9-20(26-18)28-19-7-3-2-4-8-19/h2-14,22-23H,15-16H2,1H3;2-13,21H,14-15H2,1H3. The Morgan fingerprint density at radius 3 is 1.58 bits per heavy atom. The van der Waals surface area contributed by atoms with Crippen LogP contribution in [0.3, 0.4) is 0 Å². The van der Waals surface area contributed by atoms with Crippen molar-refractivity contribution in [1.29, 1.82) is 0 Å². The molecule has 0 bridgehead atoms. The van der Waals surface area contributed by atoms with Crippen LogP contribution in [0.15, 0.2) is 152 Å². The van der Waals surface area contributed by atoms with Crippen molar-refractivity contribution in [3.05, 3.63) is 180 Å². The highest BCUT2D eigenvalue weighted by molar-refractivity contribution is 5.35. The quantitative estimate of drug-likeness (QED) is 0.0805. The van der Waals surface area contributed by atoms with Gasteiger partial charge in [0.15, 0.2) is 0 Å². The van der Waals surface area contributed by atoms with Crippen molar-refractivity contribution >= 4 is 0 Å². The number of hydrogen-bond acceptors (Lipinski definition) is 6. The smallest absolute Gasteiger partial charge is 0.387 e. The number of para-hydroxylation sites is 2. The van der Waals surface area contributed by atoms with Crippen LogP contribution in [-0.4, -0.2) is 37.7 Å². The van der Waals surface area contributed by atoms with Crippen molar-refractivity contribution in [3.8, 4) is 28.9 Å². The molecule has 0 amide bonds. The second-order valence-corrected chi connectivity index (χ2v) is 13.8. The molecule has 0 aliphatic carbocycles. The molecule has 0 saturated heterocycles. The van der Waals surface area contributed by atoms with Gasteiger partial charge in [0.2, 0.25) is 18.7 Å². The summed E-state index contributed by atoms with van der Waals surface area (Å²) in [5.41, 5.74) is -1.24. The van der Waals surface area contributed by atoms with Crippen LogP contribution in [0.5, 0.6) is 28.9 Å². The highest BCUT2D eigenvalue weighted by atomic mass is 19.3. The van der Waals surface area contributed by atoms with Crippen molar-refractivity contribution in [1.82, 2.24) is 4.98 Å². The molecule has 59 heavy (non-hydrogen) atoms. The van der Waals surface area contributed by atoms with E-state index in [0.717, 1.165) is 5.56 Å². The van der Waals surface area contributed by atoms with E-state index in [2.05, 4.69) is 9.72 Å². The average Bonchev–Trinajstić information content (AvgIpc) is 3.22. The Kier molecular flexibility index (Phi) is 15.9. The molecular formula is C46H42F7NO5. The number of aromatic nitrogens is 1. The van der Waals surface area contributed by atoms with Gasteiger partial charge in [-0.25, -0.2) is 26.9 Å². The summed E-state index contributed by atoms with van der Waals surface area (Å²) in [6.45, 7) is -0.540. The van der Waals surface area contributed by atoms with Crippen molar-refractivity contribution < 1.29 is 54.4 Å². The molecule has 0 spiro atoms. The zero-order valence-electron chi connectivity index (χ0n) is 32.1. The summed E-state index contributed by atoms with van der Waals surface area (Å²) < 4.78 is 120. The van der Waals surface area contributed by atoms with Gasteiger partial charge in [-0.3, -0.25) is 0 Å². The normalized spacial score (nSPS) is 13.3. The maximum absolute atomic E-state index is 13.9. The molecule has 6 aromatic rings. The van der Waals surface area contributed by atoms with Gasteiger partial charge in [0.05, 0.1) is 43.0 Å². The molecule has 310 valence electrons. The minimum atomic E-state index is -2.97. The Hall–Kier alpha value is -5.92. The largest absolute Gasteiger partial charge is 0.457 e. The number of benzene rings is 5. The van der Waals surface area contributed by atoms with E-state index in [1.54, 1.807) is 36.4 Å². The molecule has 2 unspecified atom stereocenters. The first-order chi connectivity index (χ1) is 28.3. The van der Waals surface area contributed by atoms with E-state index in [1.165, 1.54) is 62.4 Å². The molecular weight excluding hydrogens is 779 g/mol. The van der Waals surface area contributed by atoms with Crippen LogP contribution in [0.4, 0.5) is 30.7 Å². The summed E-state index contributed by atoms with van der Waals surface area (Å²) in [5, 5.41) is 0. The fourth-order valence-corrected chi connectivity index (χ4v) is 5.67. The lowest BCUT2D eigenvalue weighted by Crippen LogP contribution is -2.36. The van der Waals surface area contributed by atoms with Crippen molar-refractivity contribution in [2.24, 2.45) is 0 Å². The monoisotopic (exact) mass is 821 g/mol. The molecule has 13 heteroatoms. The van der Waals surface area contributed by atoms with Crippen LogP contribution in [0.2, 0.25) is 0 Å². The van der Waals surface area contributed by atoms with Gasteiger partial charge in [-0.05, 0) is 97.3 Å². The Morgan fingerprint density at radius 2 is 1.02 bits per heavy atom. The first kappa shape index (κ1) is 44.2. The summed E-state index contributed by atoms with van der Waals surface area (Å²) in [7, 11) is 0. The lowest BCUT2D eigenvalue weighted by Gasteiger charge is -2.29. The second-order valence-electron chi connectivity index (χ2n) is 13.8. The summed E-state index contributed by atoms with van der Waals surface area (Å²) in [5.74, 6) is 1.77. The molecule has 0 fully saturated rings. The molecule has 0 aliphatic rings. The summed E-state index contributed by atoms with van der Waals surface area (Å²) in [6.07, 6.45) is -5.39. The molecule has 5 aromatic carbocycles. The van der Waals surface area contributed by atoms with E-state index in [0.29, 0.717) is 34.4 Å². The van der Waals surface area contributed by atoms with Crippen molar-refractivity contribution in [2.75, 3.05) is 13.2 Å². The van der Waals surface area contributed by atoms with E-state index >= 15 is 0 Å². The van der Waals surface area contributed by atoms with Gasteiger partial charge in [0, 0.05) is 6.07 Å². The Labute approximate surface area is 338 Å². The van der Waals surface area contributed by atoms with Crippen LogP contribution in [0.25, 0.3) is 0 Å². The van der Waals surface area contributed by atoms with E-state index < -0.39 is 36.1 Å². The van der Waals surface area contributed by atoms with E-state index in [9.17, 15) is 30.7 Å². The number of ether oxygens (including phenoxy) is 5. The molecule has 6 rings (SSSR count). The van der Waals surface area contributed by atoms with Gasteiger partial charge < -0.3 is 23.7 Å². The van der Waals surface area contributed by atoms with Gasteiger partial charge in [-0.15, -0.1) is 0 Å². The molecule has 0 radical (unpaired) electrons. The van der Waals surface area contributed by atoms with Crippen molar-refractivity contribution in [3.63, 3.8) is 0 Å². The fourth-order valence-electron chi connectivity index (χ4n) is 5.67. The second kappa shape index (κ2) is 21.2. The number of pyridine rings is 1. The molecule has 1 heterocycles. The van der Waals surface area contributed by atoms with Gasteiger partial charge in [-0.2, -0.15) is 8.78 Å². The third-order valence-electron chi connectivity index (χ3n) is 9.15. The highest BCUT2D eigenvalue weighted by Gasteiger charge is 2.38. The predicted octanol–water partition coefficient (Wildman–Crippen LogP) is 12.6. The SMILES string of the molecule is CC(COCc1cccc(Oc2ccccc2)c1)(c1ccc(OC(F)F)cc1)C(F)F.CC(COCc1cccc(Oc2ccccc2)n1)(c1ccc(F)cc1)C(F)F. The number of alkyl halides is 6. The topological polar surface area (TPSA) is 59.0 Å². The zero-order valence-corrected chi connectivity index (χ0v) is 32.1. The van der Waals surface area contributed by atoms with E-state index in [1.807, 2.05) is 66.7 Å². The minimum absolute atomic E-state index is 0.0511. The van der Waals surface area contributed by atoms with Crippen LogP contribution in [0.1, 0.15) is 36.2 Å². The van der Waals surface area contributed by atoms with Gasteiger partial charge in [-0.1, -0.05) is 78.9 Å². The maximum atomic E-state index is 13.9. The number of nitrogens with zero attached hydrogens (tertiary/aromatic N) is 1. The first-order valence-electron chi connectivity index (χ1n) is 18.4. The van der Waals surface area contributed by atoms with E-state index in [-0.39, 0.29) is 37.7 Å². The average molecular weight is 822 g/mol. The molecule has 1 aromatic heterocycles. The Morgan fingerprint density at radius 1 is 0.508 bits per heavy atom. The van der Waals surface area contributed by atoms with Gasteiger partial charge in [0.1, 0.15) is 28.8 Å². The summed E-state index contributed by atoms with van der Waals surface area (Å²) >= 11 is 0. The van der Waals surface area contributed by atoms with Gasteiger partial charge in [0.25, 0.3) is 0 Å². The molecule has 0 saturated carbocycles. The van der Waals surface area contributed by atoms with Crippen LogP contribution in [-0.2, 0) is 33.5 Å². The Balaban J connectivity index is 0.000000225. The summed E-state index contributed by atoms with van der Waals surface area (Å²) in [6, 6.07) is 41.1. The predicted molar refractivity (Wildman–Crippen MR) is 209 cm³/mol. The molecule has 0 aliphatic heterocycles. The summed E-state index contributed by atoms with van der Waals surface area (Å²) in [4.78, 5) is 4.33. The zero-order chi connectivity index (χ0) is 42.3.